The number of hydrogen-bond donors (Lipinski definition) is 1. The van der Waals surface area contributed by atoms with E-state index in [2.05, 4.69) is 39.7 Å². The molecule has 0 saturated carbocycles. The monoisotopic (exact) mass is 355 g/mol. The van der Waals surface area contributed by atoms with Gasteiger partial charge in [-0.25, -0.2) is 0 Å². The summed E-state index contributed by atoms with van der Waals surface area (Å²) in [5.74, 6) is 1.33. The lowest BCUT2D eigenvalue weighted by atomic mass is 10.0. The van der Waals surface area contributed by atoms with Gasteiger partial charge in [-0.15, -0.1) is 0 Å². The Kier molecular flexibility index (Phi) is 4.50. The number of nitrogens with zero attached hydrogens (tertiary/aromatic N) is 2. The largest absolute Gasteiger partial charge is 0.424 e. The van der Waals surface area contributed by atoms with Crippen LogP contribution in [0.4, 0.5) is 5.82 Å². The third kappa shape index (κ3) is 3.41. The Hall–Kier alpha value is -1.33. The molecular formula is C14H15BrClN3O. The van der Waals surface area contributed by atoms with Crippen molar-refractivity contribution in [2.45, 2.75) is 26.7 Å². The van der Waals surface area contributed by atoms with Gasteiger partial charge in [0, 0.05) is 11.1 Å². The molecule has 6 heteroatoms. The summed E-state index contributed by atoms with van der Waals surface area (Å²) in [6, 6.07) is 5.62. The zero-order chi connectivity index (χ0) is 14.9. The molecule has 1 heterocycles. The third-order valence-corrected chi connectivity index (χ3v) is 3.55. The smallest absolute Gasteiger partial charge is 0.325 e. The Bertz CT molecular complexity index is 626. The molecule has 2 rings (SSSR count). The maximum Gasteiger partial charge on any atom is 0.325 e. The number of anilines is 1. The lowest BCUT2D eigenvalue weighted by Crippen LogP contribution is -1.99. The number of benzene rings is 1. The molecule has 20 heavy (non-hydrogen) atoms. The van der Waals surface area contributed by atoms with E-state index in [4.69, 9.17) is 22.1 Å². The van der Waals surface area contributed by atoms with E-state index in [0.29, 0.717) is 22.1 Å². The molecule has 0 aliphatic carbocycles. The summed E-state index contributed by atoms with van der Waals surface area (Å²) in [6.07, 6.45) is 0. The molecule has 1 aromatic carbocycles. The van der Waals surface area contributed by atoms with E-state index in [9.17, 15) is 0 Å². The van der Waals surface area contributed by atoms with Crippen molar-refractivity contribution in [2.24, 2.45) is 0 Å². The van der Waals surface area contributed by atoms with Gasteiger partial charge in [0.15, 0.2) is 0 Å². The van der Waals surface area contributed by atoms with E-state index in [-0.39, 0.29) is 6.01 Å². The average Bonchev–Trinajstić information content (AvgIpc) is 2.30. The number of aromatic nitrogens is 2. The molecule has 0 radical (unpaired) electrons. The Labute approximate surface area is 131 Å². The van der Waals surface area contributed by atoms with Crippen molar-refractivity contribution in [3.05, 3.63) is 39.0 Å². The second-order valence-corrected chi connectivity index (χ2v) is 6.01. The van der Waals surface area contributed by atoms with E-state index >= 15 is 0 Å². The van der Waals surface area contributed by atoms with Crippen molar-refractivity contribution in [1.82, 2.24) is 9.97 Å². The molecule has 0 spiro atoms. The van der Waals surface area contributed by atoms with Crippen LogP contribution in [-0.2, 0) is 0 Å². The number of hydrogen-bond acceptors (Lipinski definition) is 4. The molecule has 4 nitrogen and oxygen atoms in total. The van der Waals surface area contributed by atoms with Gasteiger partial charge in [-0.2, -0.15) is 9.97 Å². The van der Waals surface area contributed by atoms with Crippen LogP contribution >= 0.6 is 27.5 Å². The molecule has 0 fully saturated rings. The first-order chi connectivity index (χ1) is 9.36. The zero-order valence-corrected chi connectivity index (χ0v) is 13.8. The van der Waals surface area contributed by atoms with Crippen molar-refractivity contribution in [2.75, 3.05) is 5.73 Å². The highest BCUT2D eigenvalue weighted by Gasteiger charge is 2.12. The molecule has 0 atom stereocenters. The normalized spacial score (nSPS) is 10.9. The third-order valence-electron chi connectivity index (χ3n) is 2.81. The fraction of sp³-hybridized carbons (Fsp3) is 0.286. The minimum Gasteiger partial charge on any atom is -0.424 e. The van der Waals surface area contributed by atoms with Gasteiger partial charge >= 0.3 is 6.01 Å². The number of rotatable bonds is 3. The van der Waals surface area contributed by atoms with Crippen LogP contribution in [0.15, 0.2) is 22.8 Å². The van der Waals surface area contributed by atoms with E-state index in [1.165, 1.54) is 0 Å². The van der Waals surface area contributed by atoms with Crippen LogP contribution in [0.3, 0.4) is 0 Å². The number of halogens is 2. The topological polar surface area (TPSA) is 61.0 Å². The molecule has 0 saturated heterocycles. The molecule has 2 aromatic rings. The molecule has 0 unspecified atom stereocenters. The molecule has 1 aromatic heterocycles. The lowest BCUT2D eigenvalue weighted by Gasteiger charge is -2.13. The van der Waals surface area contributed by atoms with Gasteiger partial charge in [0.25, 0.3) is 0 Å². The van der Waals surface area contributed by atoms with E-state index in [1.807, 2.05) is 19.1 Å². The SMILES string of the molecule is Cc1cc(Cl)c(C(C)C)cc1Oc1nc(N)cc(Br)n1. The second-order valence-electron chi connectivity index (χ2n) is 4.79. The Morgan fingerprint density at radius 3 is 2.55 bits per heavy atom. The van der Waals surface area contributed by atoms with Crippen LogP contribution in [-0.4, -0.2) is 9.97 Å². The highest BCUT2D eigenvalue weighted by atomic mass is 79.9. The summed E-state index contributed by atoms with van der Waals surface area (Å²) in [5.41, 5.74) is 7.61. The minimum atomic E-state index is 0.206. The Balaban J connectivity index is 2.40. The molecule has 0 bridgehead atoms. The molecule has 0 aliphatic rings. The van der Waals surface area contributed by atoms with Crippen molar-refractivity contribution in [1.29, 1.82) is 0 Å². The van der Waals surface area contributed by atoms with Crippen LogP contribution in [0.2, 0.25) is 5.02 Å². The summed E-state index contributed by atoms with van der Waals surface area (Å²) >= 11 is 9.50. The van der Waals surface area contributed by atoms with Gasteiger partial charge in [0.2, 0.25) is 0 Å². The quantitative estimate of drug-likeness (QED) is 0.810. The lowest BCUT2D eigenvalue weighted by molar-refractivity contribution is 0.437. The van der Waals surface area contributed by atoms with Crippen LogP contribution in [0.1, 0.15) is 30.9 Å². The van der Waals surface area contributed by atoms with Crippen LogP contribution in [0.25, 0.3) is 0 Å². The first kappa shape index (κ1) is 15.1. The zero-order valence-electron chi connectivity index (χ0n) is 11.4. The summed E-state index contributed by atoms with van der Waals surface area (Å²) in [6.45, 7) is 6.08. The second kappa shape index (κ2) is 5.97. The van der Waals surface area contributed by atoms with Gasteiger partial charge < -0.3 is 10.5 Å². The highest BCUT2D eigenvalue weighted by Crippen LogP contribution is 2.33. The average molecular weight is 357 g/mol. The number of ether oxygens (including phenoxy) is 1. The number of nitrogens with two attached hydrogens (primary N) is 1. The maximum absolute atomic E-state index is 6.24. The van der Waals surface area contributed by atoms with Crippen molar-refractivity contribution in [3.8, 4) is 11.8 Å². The number of nitrogen functional groups attached to an aromatic ring is 1. The Morgan fingerprint density at radius 2 is 1.95 bits per heavy atom. The molecule has 0 aliphatic heterocycles. The summed E-state index contributed by atoms with van der Waals surface area (Å²) in [4.78, 5) is 8.19. The van der Waals surface area contributed by atoms with Gasteiger partial charge in [0.05, 0.1) is 0 Å². The van der Waals surface area contributed by atoms with Crippen LogP contribution < -0.4 is 10.5 Å². The van der Waals surface area contributed by atoms with Gasteiger partial charge in [-0.05, 0) is 52.0 Å². The predicted octanol–water partition coefficient (Wildman–Crippen LogP) is 4.70. The molecule has 106 valence electrons. The van der Waals surface area contributed by atoms with Crippen LogP contribution in [0, 0.1) is 6.92 Å². The standard InChI is InChI=1S/C14H15BrClN3O/c1-7(2)9-5-11(8(3)4-10(9)16)20-14-18-12(15)6-13(17)19-14/h4-7H,1-3H3,(H2,17,18,19). The fourth-order valence-corrected chi connectivity index (χ4v) is 2.60. The molecule has 2 N–H and O–H groups in total. The van der Waals surface area contributed by atoms with Crippen LogP contribution in [0.5, 0.6) is 11.8 Å². The van der Waals surface area contributed by atoms with Gasteiger partial charge in [-0.1, -0.05) is 25.4 Å². The first-order valence-electron chi connectivity index (χ1n) is 6.14. The maximum atomic E-state index is 6.24. The molecule has 0 amide bonds. The van der Waals surface area contributed by atoms with Crippen molar-refractivity contribution < 1.29 is 4.74 Å². The predicted molar refractivity (Wildman–Crippen MR) is 84.5 cm³/mol. The minimum absolute atomic E-state index is 0.206. The summed E-state index contributed by atoms with van der Waals surface area (Å²) in [5, 5.41) is 0.736. The van der Waals surface area contributed by atoms with Crippen molar-refractivity contribution in [3.63, 3.8) is 0 Å². The fourth-order valence-electron chi connectivity index (χ4n) is 1.78. The summed E-state index contributed by atoms with van der Waals surface area (Å²) < 4.78 is 6.31. The van der Waals surface area contributed by atoms with Gasteiger partial charge in [0.1, 0.15) is 16.2 Å². The van der Waals surface area contributed by atoms with Crippen molar-refractivity contribution >= 4 is 33.3 Å². The van der Waals surface area contributed by atoms with E-state index in [0.717, 1.165) is 16.1 Å². The van der Waals surface area contributed by atoms with E-state index in [1.54, 1.807) is 6.07 Å². The van der Waals surface area contributed by atoms with E-state index < -0.39 is 0 Å². The summed E-state index contributed by atoms with van der Waals surface area (Å²) in [7, 11) is 0. The molecular weight excluding hydrogens is 342 g/mol. The van der Waals surface area contributed by atoms with Gasteiger partial charge in [-0.3, -0.25) is 0 Å². The first-order valence-corrected chi connectivity index (χ1v) is 7.32. The number of aryl methyl sites for hydroxylation is 1. The highest BCUT2D eigenvalue weighted by molar-refractivity contribution is 9.10. The Morgan fingerprint density at radius 1 is 1.25 bits per heavy atom.